The number of likely N-dealkylation sites (N-methyl/N-ethyl adjacent to an activating group) is 1. The first-order valence-corrected chi connectivity index (χ1v) is 8.21. The number of hydrogen-bond acceptors (Lipinski definition) is 3. The zero-order chi connectivity index (χ0) is 17.4. The maximum Gasteiger partial charge on any atom is 0.314 e. The van der Waals surface area contributed by atoms with Gasteiger partial charge in [0, 0.05) is 31.4 Å². The van der Waals surface area contributed by atoms with E-state index in [1.807, 2.05) is 32.3 Å². The lowest BCUT2D eigenvalue weighted by Gasteiger charge is -2.25. The Morgan fingerprint density at radius 2 is 1.88 bits per heavy atom. The molecule has 5 heteroatoms. The highest BCUT2D eigenvalue weighted by Gasteiger charge is 2.14. The van der Waals surface area contributed by atoms with Crippen molar-refractivity contribution in [2.45, 2.75) is 19.4 Å². The van der Waals surface area contributed by atoms with Crippen molar-refractivity contribution in [3.63, 3.8) is 0 Å². The van der Waals surface area contributed by atoms with Crippen molar-refractivity contribution in [2.75, 3.05) is 27.2 Å². The van der Waals surface area contributed by atoms with Gasteiger partial charge in [-0.25, -0.2) is 4.79 Å². The van der Waals surface area contributed by atoms with Crippen molar-refractivity contribution in [3.8, 4) is 0 Å². The molecule has 0 radical (unpaired) electrons. The smallest absolute Gasteiger partial charge is 0.314 e. The van der Waals surface area contributed by atoms with E-state index in [0.717, 1.165) is 12.1 Å². The van der Waals surface area contributed by atoms with Crippen molar-refractivity contribution in [1.82, 2.24) is 20.5 Å². The standard InChI is InChI=1S/C19H26N4O/c1-15-7-9-16(10-8-15)18(23(2)3)14-22-19(24)21-13-11-17-6-4-5-12-20-17/h4-10,12,18H,11,13-14H2,1-3H3,(H2,21,22,24)/t18-/m1/s1. The molecule has 2 N–H and O–H groups in total. The van der Waals surface area contributed by atoms with E-state index >= 15 is 0 Å². The number of aryl methyl sites for hydroxylation is 1. The molecule has 0 aliphatic rings. The van der Waals surface area contributed by atoms with E-state index in [4.69, 9.17) is 0 Å². The van der Waals surface area contributed by atoms with Crippen LogP contribution in [-0.4, -0.2) is 43.1 Å². The summed E-state index contributed by atoms with van der Waals surface area (Å²) in [5.74, 6) is 0. The lowest BCUT2D eigenvalue weighted by molar-refractivity contribution is 0.233. The molecule has 24 heavy (non-hydrogen) atoms. The van der Waals surface area contributed by atoms with E-state index in [-0.39, 0.29) is 12.1 Å². The van der Waals surface area contributed by atoms with Gasteiger partial charge in [0.05, 0.1) is 6.04 Å². The quantitative estimate of drug-likeness (QED) is 0.822. The van der Waals surface area contributed by atoms with Crippen LogP contribution in [0.3, 0.4) is 0 Å². The molecule has 2 amide bonds. The Hall–Kier alpha value is -2.40. The molecule has 0 saturated heterocycles. The third kappa shape index (κ3) is 5.66. The molecule has 1 heterocycles. The normalized spacial score (nSPS) is 12.0. The van der Waals surface area contributed by atoms with Gasteiger partial charge in [-0.1, -0.05) is 35.9 Å². The Balaban J connectivity index is 1.79. The molecular weight excluding hydrogens is 300 g/mol. The zero-order valence-corrected chi connectivity index (χ0v) is 14.6. The lowest BCUT2D eigenvalue weighted by atomic mass is 10.0. The Morgan fingerprint density at radius 3 is 2.50 bits per heavy atom. The number of rotatable bonds is 7. The number of pyridine rings is 1. The van der Waals surface area contributed by atoms with Gasteiger partial charge in [0.1, 0.15) is 0 Å². The molecule has 0 bridgehead atoms. The topological polar surface area (TPSA) is 57.3 Å². The first-order chi connectivity index (χ1) is 11.6. The Kier molecular flexibility index (Phi) is 6.75. The van der Waals surface area contributed by atoms with Crippen LogP contribution in [-0.2, 0) is 6.42 Å². The fourth-order valence-electron chi connectivity index (χ4n) is 2.49. The van der Waals surface area contributed by atoms with E-state index in [2.05, 4.69) is 51.7 Å². The molecule has 1 aromatic carbocycles. The number of amides is 2. The number of carbonyl (C=O) groups is 1. The minimum absolute atomic E-state index is 0.146. The first kappa shape index (κ1) is 17.9. The van der Waals surface area contributed by atoms with E-state index in [1.54, 1.807) is 6.20 Å². The van der Waals surface area contributed by atoms with Crippen molar-refractivity contribution < 1.29 is 4.79 Å². The molecule has 0 saturated carbocycles. The molecule has 0 spiro atoms. The van der Waals surface area contributed by atoms with Gasteiger partial charge >= 0.3 is 6.03 Å². The van der Waals surface area contributed by atoms with Crippen LogP contribution in [0.25, 0.3) is 0 Å². The summed E-state index contributed by atoms with van der Waals surface area (Å²) in [6.07, 6.45) is 2.49. The van der Waals surface area contributed by atoms with Gasteiger partial charge in [-0.2, -0.15) is 0 Å². The van der Waals surface area contributed by atoms with Crippen LogP contribution in [0.1, 0.15) is 22.9 Å². The van der Waals surface area contributed by atoms with Crippen LogP contribution in [0, 0.1) is 6.92 Å². The van der Waals surface area contributed by atoms with Gasteiger partial charge in [0.15, 0.2) is 0 Å². The third-order valence-electron chi connectivity index (χ3n) is 3.93. The summed E-state index contributed by atoms with van der Waals surface area (Å²) in [7, 11) is 4.04. The number of nitrogens with zero attached hydrogens (tertiary/aromatic N) is 2. The van der Waals surface area contributed by atoms with E-state index in [0.29, 0.717) is 13.1 Å². The Labute approximate surface area is 144 Å². The number of aromatic nitrogens is 1. The summed E-state index contributed by atoms with van der Waals surface area (Å²) in [6.45, 7) is 3.20. The molecular formula is C19H26N4O. The van der Waals surface area contributed by atoms with Gasteiger partial charge in [0.25, 0.3) is 0 Å². The molecule has 2 rings (SSSR count). The molecule has 0 fully saturated rings. The molecule has 2 aromatic rings. The molecule has 128 valence electrons. The van der Waals surface area contributed by atoms with Crippen LogP contribution in [0.4, 0.5) is 4.79 Å². The zero-order valence-electron chi connectivity index (χ0n) is 14.6. The Morgan fingerprint density at radius 1 is 1.12 bits per heavy atom. The molecule has 0 aliphatic heterocycles. The molecule has 1 aromatic heterocycles. The number of nitrogens with one attached hydrogen (secondary N) is 2. The summed E-state index contributed by atoms with van der Waals surface area (Å²) >= 11 is 0. The summed E-state index contributed by atoms with van der Waals surface area (Å²) in [5, 5.41) is 5.83. The second-order valence-corrected chi connectivity index (χ2v) is 6.10. The molecule has 0 aliphatic carbocycles. The predicted octanol–water partition coefficient (Wildman–Crippen LogP) is 2.53. The second-order valence-electron chi connectivity index (χ2n) is 6.10. The second kappa shape index (κ2) is 9.03. The van der Waals surface area contributed by atoms with Crippen molar-refractivity contribution in [1.29, 1.82) is 0 Å². The van der Waals surface area contributed by atoms with Gasteiger partial charge in [-0.05, 0) is 38.7 Å². The highest BCUT2D eigenvalue weighted by Crippen LogP contribution is 2.17. The van der Waals surface area contributed by atoms with Gasteiger partial charge in [0.2, 0.25) is 0 Å². The average Bonchev–Trinajstić information content (AvgIpc) is 2.57. The van der Waals surface area contributed by atoms with E-state index in [1.165, 1.54) is 11.1 Å². The number of benzene rings is 1. The first-order valence-electron chi connectivity index (χ1n) is 8.21. The maximum absolute atomic E-state index is 12.0. The van der Waals surface area contributed by atoms with Crippen molar-refractivity contribution >= 4 is 6.03 Å². The highest BCUT2D eigenvalue weighted by molar-refractivity contribution is 5.73. The van der Waals surface area contributed by atoms with Crippen molar-refractivity contribution in [2.24, 2.45) is 0 Å². The van der Waals surface area contributed by atoms with E-state index < -0.39 is 0 Å². The van der Waals surface area contributed by atoms with Crippen LogP contribution in [0.15, 0.2) is 48.7 Å². The van der Waals surface area contributed by atoms with Crippen LogP contribution in [0.5, 0.6) is 0 Å². The van der Waals surface area contributed by atoms with Crippen molar-refractivity contribution in [3.05, 3.63) is 65.5 Å². The summed E-state index contributed by atoms with van der Waals surface area (Å²) in [4.78, 5) is 18.3. The number of urea groups is 1. The fraction of sp³-hybridized carbons (Fsp3) is 0.368. The third-order valence-corrected chi connectivity index (χ3v) is 3.93. The minimum atomic E-state index is -0.148. The average molecular weight is 326 g/mol. The molecule has 5 nitrogen and oxygen atoms in total. The largest absolute Gasteiger partial charge is 0.338 e. The summed E-state index contributed by atoms with van der Waals surface area (Å²) in [6, 6.07) is 14.2. The fourth-order valence-corrected chi connectivity index (χ4v) is 2.49. The van der Waals surface area contributed by atoms with Gasteiger partial charge in [-0.3, -0.25) is 4.98 Å². The summed E-state index contributed by atoms with van der Waals surface area (Å²) < 4.78 is 0. The van der Waals surface area contributed by atoms with Gasteiger partial charge in [-0.15, -0.1) is 0 Å². The number of carbonyl (C=O) groups excluding carboxylic acids is 1. The molecule has 0 unspecified atom stereocenters. The van der Waals surface area contributed by atoms with Crippen LogP contribution < -0.4 is 10.6 Å². The predicted molar refractivity (Wildman–Crippen MR) is 96.9 cm³/mol. The number of hydrogen-bond donors (Lipinski definition) is 2. The van der Waals surface area contributed by atoms with Gasteiger partial charge < -0.3 is 15.5 Å². The summed E-state index contributed by atoms with van der Waals surface area (Å²) in [5.41, 5.74) is 3.40. The monoisotopic (exact) mass is 326 g/mol. The molecule has 1 atom stereocenters. The lowest BCUT2D eigenvalue weighted by Crippen LogP contribution is -2.41. The van der Waals surface area contributed by atoms with Crippen LogP contribution in [0.2, 0.25) is 0 Å². The SMILES string of the molecule is Cc1ccc([C@@H](CNC(=O)NCCc2ccccn2)N(C)C)cc1. The Bertz CT molecular complexity index is 626. The highest BCUT2D eigenvalue weighted by atomic mass is 16.2. The van der Waals surface area contributed by atoms with E-state index in [9.17, 15) is 4.79 Å². The van der Waals surface area contributed by atoms with Crippen LogP contribution >= 0.6 is 0 Å². The minimum Gasteiger partial charge on any atom is -0.338 e. The maximum atomic E-state index is 12.0.